The zero-order chi connectivity index (χ0) is 10.8. The van der Waals surface area contributed by atoms with Crippen molar-refractivity contribution in [2.75, 3.05) is 6.54 Å². The maximum absolute atomic E-state index is 5.84. The quantitative estimate of drug-likeness (QED) is 0.785. The summed E-state index contributed by atoms with van der Waals surface area (Å²) in [5.41, 5.74) is 10.1. The summed E-state index contributed by atoms with van der Waals surface area (Å²) in [6, 6.07) is 6.92. The van der Waals surface area contributed by atoms with Crippen molar-refractivity contribution in [1.82, 2.24) is 0 Å². The molecule has 0 spiro atoms. The Morgan fingerprint density at radius 2 is 1.80 bits per heavy atom. The van der Waals surface area contributed by atoms with Crippen molar-refractivity contribution < 1.29 is 0 Å². The van der Waals surface area contributed by atoms with Crippen LogP contribution in [0.1, 0.15) is 41.9 Å². The van der Waals surface area contributed by atoms with Gasteiger partial charge in [0.05, 0.1) is 0 Å². The highest BCUT2D eigenvalue weighted by atomic mass is 14.6. The molecule has 1 aromatic rings. The van der Waals surface area contributed by atoms with E-state index in [0.717, 1.165) is 6.54 Å². The number of rotatable bonds is 2. The van der Waals surface area contributed by atoms with Crippen molar-refractivity contribution in [2.45, 2.75) is 39.0 Å². The molecule has 0 aromatic heterocycles. The summed E-state index contributed by atoms with van der Waals surface area (Å²) in [6.45, 7) is 5.21. The van der Waals surface area contributed by atoms with Crippen LogP contribution in [0.5, 0.6) is 0 Å². The predicted molar refractivity (Wildman–Crippen MR) is 65.1 cm³/mol. The molecule has 0 heterocycles. The molecule has 0 aliphatic heterocycles. The third-order valence-corrected chi connectivity index (χ3v) is 3.63. The van der Waals surface area contributed by atoms with Crippen LogP contribution in [0, 0.1) is 19.8 Å². The van der Waals surface area contributed by atoms with Gasteiger partial charge in [0.25, 0.3) is 0 Å². The van der Waals surface area contributed by atoms with Gasteiger partial charge in [-0.25, -0.2) is 0 Å². The molecule has 2 unspecified atom stereocenters. The van der Waals surface area contributed by atoms with Gasteiger partial charge in [-0.2, -0.15) is 0 Å². The second-order valence-corrected chi connectivity index (χ2v) is 4.95. The molecule has 15 heavy (non-hydrogen) atoms. The lowest BCUT2D eigenvalue weighted by atomic mass is 9.87. The van der Waals surface area contributed by atoms with E-state index in [1.807, 2.05) is 0 Å². The molecule has 1 aromatic carbocycles. The lowest BCUT2D eigenvalue weighted by Crippen LogP contribution is -2.17. The normalized spacial score (nSPS) is 25.8. The van der Waals surface area contributed by atoms with E-state index in [1.165, 1.54) is 36.0 Å². The molecule has 82 valence electrons. The zero-order valence-electron chi connectivity index (χ0n) is 9.79. The molecule has 1 aliphatic carbocycles. The van der Waals surface area contributed by atoms with Gasteiger partial charge in [-0.15, -0.1) is 0 Å². The monoisotopic (exact) mass is 203 g/mol. The van der Waals surface area contributed by atoms with Crippen LogP contribution >= 0.6 is 0 Å². The summed E-state index contributed by atoms with van der Waals surface area (Å²) in [5.74, 6) is 1.43. The highest BCUT2D eigenvalue weighted by Gasteiger charge is 2.27. The van der Waals surface area contributed by atoms with Crippen LogP contribution in [0.15, 0.2) is 18.2 Å². The minimum atomic E-state index is 0.714. The van der Waals surface area contributed by atoms with E-state index < -0.39 is 0 Å². The fraction of sp³-hybridized carbons (Fsp3) is 0.571. The van der Waals surface area contributed by atoms with Gasteiger partial charge in [-0.05, 0) is 50.6 Å². The van der Waals surface area contributed by atoms with Crippen LogP contribution in [-0.4, -0.2) is 6.54 Å². The second kappa shape index (κ2) is 4.36. The minimum absolute atomic E-state index is 0.714. The van der Waals surface area contributed by atoms with E-state index in [9.17, 15) is 0 Å². The lowest BCUT2D eigenvalue weighted by molar-refractivity contribution is 0.496. The summed E-state index contributed by atoms with van der Waals surface area (Å²) in [4.78, 5) is 0. The van der Waals surface area contributed by atoms with Gasteiger partial charge in [-0.1, -0.05) is 35.7 Å². The van der Waals surface area contributed by atoms with Crippen molar-refractivity contribution in [3.63, 3.8) is 0 Å². The first-order valence-corrected chi connectivity index (χ1v) is 5.99. The Bertz CT molecular complexity index is 323. The van der Waals surface area contributed by atoms with Gasteiger partial charge in [0.2, 0.25) is 0 Å². The van der Waals surface area contributed by atoms with Crippen LogP contribution in [0.4, 0.5) is 0 Å². The SMILES string of the molecule is Cc1cc(C)cc(C2CCCC2CN)c1. The highest BCUT2D eigenvalue weighted by Crippen LogP contribution is 2.39. The molecule has 1 fully saturated rings. The molecule has 2 atom stereocenters. The third-order valence-electron chi connectivity index (χ3n) is 3.63. The van der Waals surface area contributed by atoms with Gasteiger partial charge >= 0.3 is 0 Å². The maximum atomic E-state index is 5.84. The second-order valence-electron chi connectivity index (χ2n) is 4.95. The molecule has 1 saturated carbocycles. The lowest BCUT2D eigenvalue weighted by Gasteiger charge is -2.19. The van der Waals surface area contributed by atoms with Crippen LogP contribution in [0.3, 0.4) is 0 Å². The van der Waals surface area contributed by atoms with E-state index in [1.54, 1.807) is 0 Å². The summed E-state index contributed by atoms with van der Waals surface area (Å²) < 4.78 is 0. The first-order valence-electron chi connectivity index (χ1n) is 5.99. The Morgan fingerprint density at radius 3 is 2.40 bits per heavy atom. The van der Waals surface area contributed by atoms with E-state index in [2.05, 4.69) is 32.0 Å². The molecule has 0 saturated heterocycles. The van der Waals surface area contributed by atoms with E-state index >= 15 is 0 Å². The topological polar surface area (TPSA) is 26.0 Å². The number of nitrogens with two attached hydrogens (primary N) is 1. The van der Waals surface area contributed by atoms with Crippen molar-refractivity contribution in [3.05, 3.63) is 34.9 Å². The molecule has 0 radical (unpaired) electrons. The summed E-state index contributed by atoms with van der Waals surface area (Å²) >= 11 is 0. The summed E-state index contributed by atoms with van der Waals surface area (Å²) in [6.07, 6.45) is 3.98. The molecule has 1 nitrogen and oxygen atoms in total. The Kier molecular flexibility index (Phi) is 3.11. The van der Waals surface area contributed by atoms with Crippen molar-refractivity contribution in [2.24, 2.45) is 11.7 Å². The number of aryl methyl sites for hydroxylation is 2. The smallest absolute Gasteiger partial charge is 0.00430 e. The number of hydrogen-bond donors (Lipinski definition) is 1. The fourth-order valence-corrected chi connectivity index (χ4v) is 2.98. The molecule has 1 aliphatic rings. The Labute approximate surface area is 92.7 Å². The Balaban J connectivity index is 2.28. The minimum Gasteiger partial charge on any atom is -0.330 e. The maximum Gasteiger partial charge on any atom is -0.00430 e. The summed E-state index contributed by atoms with van der Waals surface area (Å²) in [5, 5.41) is 0. The van der Waals surface area contributed by atoms with Crippen LogP contribution in [-0.2, 0) is 0 Å². The van der Waals surface area contributed by atoms with Gasteiger partial charge in [0.1, 0.15) is 0 Å². The van der Waals surface area contributed by atoms with Crippen molar-refractivity contribution >= 4 is 0 Å². The number of benzene rings is 1. The average molecular weight is 203 g/mol. The fourth-order valence-electron chi connectivity index (χ4n) is 2.98. The molecule has 1 heteroatoms. The van der Waals surface area contributed by atoms with Crippen LogP contribution in [0.2, 0.25) is 0 Å². The Hall–Kier alpha value is -0.820. The number of hydrogen-bond acceptors (Lipinski definition) is 1. The standard InChI is InChI=1S/C14H21N/c1-10-6-11(2)8-13(7-10)14-5-3-4-12(14)9-15/h6-8,12,14H,3-5,9,15H2,1-2H3. The van der Waals surface area contributed by atoms with Gasteiger partial charge in [0.15, 0.2) is 0 Å². The first kappa shape index (κ1) is 10.7. The van der Waals surface area contributed by atoms with Crippen LogP contribution in [0.25, 0.3) is 0 Å². The molecule has 0 amide bonds. The molecule has 0 bridgehead atoms. The molecule has 2 rings (SSSR count). The zero-order valence-corrected chi connectivity index (χ0v) is 9.79. The van der Waals surface area contributed by atoms with Gasteiger partial charge in [0, 0.05) is 0 Å². The van der Waals surface area contributed by atoms with Gasteiger partial charge < -0.3 is 5.73 Å². The molecule has 2 N–H and O–H groups in total. The van der Waals surface area contributed by atoms with Crippen molar-refractivity contribution in [3.8, 4) is 0 Å². The summed E-state index contributed by atoms with van der Waals surface area (Å²) in [7, 11) is 0. The third kappa shape index (κ3) is 2.23. The van der Waals surface area contributed by atoms with Gasteiger partial charge in [-0.3, -0.25) is 0 Å². The van der Waals surface area contributed by atoms with Crippen molar-refractivity contribution in [1.29, 1.82) is 0 Å². The Morgan fingerprint density at radius 1 is 1.13 bits per heavy atom. The van der Waals surface area contributed by atoms with E-state index in [-0.39, 0.29) is 0 Å². The van der Waals surface area contributed by atoms with E-state index in [0.29, 0.717) is 11.8 Å². The highest BCUT2D eigenvalue weighted by molar-refractivity contribution is 5.31. The molecular weight excluding hydrogens is 182 g/mol. The average Bonchev–Trinajstić information content (AvgIpc) is 2.63. The van der Waals surface area contributed by atoms with E-state index in [4.69, 9.17) is 5.73 Å². The van der Waals surface area contributed by atoms with Crippen LogP contribution < -0.4 is 5.73 Å². The largest absolute Gasteiger partial charge is 0.330 e. The first-order chi connectivity index (χ1) is 7.20. The molecular formula is C14H21N. The predicted octanol–water partition coefficient (Wildman–Crippen LogP) is 3.15.